The van der Waals surface area contributed by atoms with Crippen LogP contribution in [-0.2, 0) is 7.05 Å². The predicted molar refractivity (Wildman–Crippen MR) is 104 cm³/mol. The molecule has 3 aromatic rings. The summed E-state index contributed by atoms with van der Waals surface area (Å²) in [4.78, 5) is 4.56. The fourth-order valence-corrected chi connectivity index (χ4v) is 3.64. The number of nitrogens with zero attached hydrogens (tertiary/aromatic N) is 3. The monoisotopic (exact) mass is 330 g/mol. The lowest BCUT2D eigenvalue weighted by atomic mass is 10.0. The Morgan fingerprint density at radius 3 is 2.44 bits per heavy atom. The zero-order chi connectivity index (χ0) is 17.6. The number of fused-ring (bicyclic) bond motifs is 1. The summed E-state index contributed by atoms with van der Waals surface area (Å²) in [6.07, 6.45) is 6.84. The molecule has 0 saturated heterocycles. The summed E-state index contributed by atoms with van der Waals surface area (Å²) in [7, 11) is 4.24. The minimum absolute atomic E-state index is 0.333. The van der Waals surface area contributed by atoms with Crippen molar-refractivity contribution in [2.45, 2.75) is 20.0 Å². The number of rotatable bonds is 2. The molecule has 0 N–H and O–H groups in total. The molecule has 25 heavy (non-hydrogen) atoms. The molecule has 3 nitrogen and oxygen atoms in total. The second kappa shape index (κ2) is 5.92. The van der Waals surface area contributed by atoms with Gasteiger partial charge in [-0.15, -0.1) is 0 Å². The van der Waals surface area contributed by atoms with E-state index < -0.39 is 0 Å². The van der Waals surface area contributed by atoms with Crippen molar-refractivity contribution >= 4 is 16.5 Å². The Labute approximate surface area is 149 Å². The van der Waals surface area contributed by atoms with Crippen LogP contribution in [0.5, 0.6) is 0 Å². The standard InChI is InChI=1S/C22H24N3/c1-16-20(10-7-11-21(16)25-13-12-23(3)17(25)2)22-14-18-8-5-6-9-19(18)15-24(22)4/h5-15,17H,1-4H3/q+1/t17-/m1/s1. The fourth-order valence-electron chi connectivity index (χ4n) is 3.64. The molecule has 0 aliphatic carbocycles. The molecular formula is C22H24N3+. The molecule has 0 unspecified atom stereocenters. The largest absolute Gasteiger partial charge is 0.359 e. The van der Waals surface area contributed by atoms with Crippen molar-refractivity contribution in [2.24, 2.45) is 7.05 Å². The van der Waals surface area contributed by atoms with Crippen LogP contribution in [-0.4, -0.2) is 18.1 Å². The van der Waals surface area contributed by atoms with E-state index >= 15 is 0 Å². The molecule has 1 aliphatic heterocycles. The van der Waals surface area contributed by atoms with Gasteiger partial charge in [0.25, 0.3) is 0 Å². The van der Waals surface area contributed by atoms with E-state index in [-0.39, 0.29) is 0 Å². The highest BCUT2D eigenvalue weighted by atomic mass is 15.4. The zero-order valence-electron chi connectivity index (χ0n) is 15.3. The minimum atomic E-state index is 0.333. The maximum atomic E-state index is 2.33. The highest BCUT2D eigenvalue weighted by Gasteiger charge is 2.24. The van der Waals surface area contributed by atoms with Crippen molar-refractivity contribution in [3.63, 3.8) is 0 Å². The zero-order valence-corrected chi connectivity index (χ0v) is 15.3. The molecule has 1 aliphatic rings. The molecular weight excluding hydrogens is 306 g/mol. The smallest absolute Gasteiger partial charge is 0.213 e. The van der Waals surface area contributed by atoms with E-state index in [1.807, 2.05) is 0 Å². The summed E-state index contributed by atoms with van der Waals surface area (Å²) in [5.74, 6) is 0. The summed E-state index contributed by atoms with van der Waals surface area (Å²) in [6, 6.07) is 17.4. The molecule has 1 aromatic heterocycles. The van der Waals surface area contributed by atoms with Crippen LogP contribution in [0.2, 0.25) is 0 Å². The lowest BCUT2D eigenvalue weighted by molar-refractivity contribution is -0.659. The van der Waals surface area contributed by atoms with Gasteiger partial charge in [0.05, 0.1) is 5.56 Å². The maximum absolute atomic E-state index is 2.33. The third kappa shape index (κ3) is 2.56. The highest BCUT2D eigenvalue weighted by molar-refractivity contribution is 5.84. The van der Waals surface area contributed by atoms with Crippen molar-refractivity contribution in [2.75, 3.05) is 11.9 Å². The van der Waals surface area contributed by atoms with Crippen molar-refractivity contribution in [3.8, 4) is 11.3 Å². The van der Waals surface area contributed by atoms with Gasteiger partial charge in [0, 0.05) is 36.6 Å². The van der Waals surface area contributed by atoms with Gasteiger partial charge in [0.15, 0.2) is 6.20 Å². The van der Waals surface area contributed by atoms with Crippen LogP contribution >= 0.6 is 0 Å². The van der Waals surface area contributed by atoms with Gasteiger partial charge in [-0.05, 0) is 43.0 Å². The Morgan fingerprint density at radius 2 is 1.72 bits per heavy atom. The number of hydrogen-bond acceptors (Lipinski definition) is 2. The van der Waals surface area contributed by atoms with Crippen molar-refractivity contribution < 1.29 is 4.57 Å². The maximum Gasteiger partial charge on any atom is 0.213 e. The Balaban J connectivity index is 1.86. The number of benzene rings is 2. The molecule has 2 aromatic carbocycles. The molecule has 1 atom stereocenters. The van der Waals surface area contributed by atoms with Gasteiger partial charge in [-0.2, -0.15) is 0 Å². The number of pyridine rings is 1. The summed E-state index contributed by atoms with van der Waals surface area (Å²) >= 11 is 0. The van der Waals surface area contributed by atoms with E-state index in [0.717, 1.165) is 0 Å². The first-order chi connectivity index (χ1) is 12.1. The van der Waals surface area contributed by atoms with Crippen LogP contribution in [0, 0.1) is 6.92 Å². The van der Waals surface area contributed by atoms with Crippen LogP contribution in [0.1, 0.15) is 12.5 Å². The summed E-state index contributed by atoms with van der Waals surface area (Å²) in [6.45, 7) is 4.45. The SMILES string of the molecule is Cc1c(-c2cc3ccccc3c[n+]2C)cccc1N1C=CN(C)[C@H]1C. The number of aromatic nitrogens is 1. The molecule has 126 valence electrons. The molecule has 4 rings (SSSR count). The van der Waals surface area contributed by atoms with Gasteiger partial charge >= 0.3 is 0 Å². The van der Waals surface area contributed by atoms with Gasteiger partial charge in [0.1, 0.15) is 13.2 Å². The minimum Gasteiger partial charge on any atom is -0.359 e. The molecule has 3 heteroatoms. The molecule has 0 fully saturated rings. The van der Waals surface area contributed by atoms with E-state index in [0.29, 0.717) is 6.17 Å². The molecule has 0 radical (unpaired) electrons. The Morgan fingerprint density at radius 1 is 0.960 bits per heavy atom. The van der Waals surface area contributed by atoms with E-state index in [1.54, 1.807) is 0 Å². The summed E-state index contributed by atoms with van der Waals surface area (Å²) in [5, 5.41) is 2.54. The topological polar surface area (TPSA) is 10.4 Å². The van der Waals surface area contributed by atoms with Crippen LogP contribution in [0.4, 0.5) is 5.69 Å². The highest BCUT2D eigenvalue weighted by Crippen LogP contribution is 2.33. The lowest BCUT2D eigenvalue weighted by Crippen LogP contribution is -2.34. The van der Waals surface area contributed by atoms with Gasteiger partial charge < -0.3 is 9.80 Å². The normalized spacial score (nSPS) is 16.9. The van der Waals surface area contributed by atoms with Crippen LogP contribution in [0.15, 0.2) is 67.1 Å². The van der Waals surface area contributed by atoms with Crippen LogP contribution < -0.4 is 9.47 Å². The first-order valence-electron chi connectivity index (χ1n) is 8.73. The summed E-state index contributed by atoms with van der Waals surface area (Å²) in [5.41, 5.74) is 5.09. The molecule has 2 heterocycles. The first kappa shape index (κ1) is 15.7. The Kier molecular flexibility index (Phi) is 3.72. The van der Waals surface area contributed by atoms with Crippen molar-refractivity contribution in [3.05, 3.63) is 72.7 Å². The van der Waals surface area contributed by atoms with Crippen molar-refractivity contribution in [1.29, 1.82) is 0 Å². The number of anilines is 1. The fraction of sp³-hybridized carbons (Fsp3) is 0.227. The van der Waals surface area contributed by atoms with E-state index in [2.05, 4.69) is 109 Å². The number of aryl methyl sites for hydroxylation is 1. The quantitative estimate of drug-likeness (QED) is 0.652. The Bertz CT molecular complexity index is 974. The van der Waals surface area contributed by atoms with Gasteiger partial charge in [-0.25, -0.2) is 4.57 Å². The average molecular weight is 330 g/mol. The average Bonchev–Trinajstić information content (AvgIpc) is 2.94. The summed E-state index contributed by atoms with van der Waals surface area (Å²) < 4.78 is 2.23. The third-order valence-corrected chi connectivity index (χ3v) is 5.31. The van der Waals surface area contributed by atoms with E-state index in [1.165, 1.54) is 33.3 Å². The molecule has 0 amide bonds. The molecule has 0 saturated carbocycles. The van der Waals surface area contributed by atoms with Crippen LogP contribution in [0.25, 0.3) is 22.0 Å². The van der Waals surface area contributed by atoms with Gasteiger partial charge in [-0.3, -0.25) is 0 Å². The van der Waals surface area contributed by atoms with Gasteiger partial charge in [0.2, 0.25) is 5.69 Å². The molecule has 0 bridgehead atoms. The second-order valence-corrected chi connectivity index (χ2v) is 6.85. The van der Waals surface area contributed by atoms with E-state index in [4.69, 9.17) is 0 Å². The second-order valence-electron chi connectivity index (χ2n) is 6.85. The van der Waals surface area contributed by atoms with Crippen molar-refractivity contribution in [1.82, 2.24) is 4.90 Å². The van der Waals surface area contributed by atoms with Gasteiger partial charge in [-0.1, -0.05) is 24.3 Å². The van der Waals surface area contributed by atoms with Crippen LogP contribution in [0.3, 0.4) is 0 Å². The first-order valence-corrected chi connectivity index (χ1v) is 8.73. The number of hydrogen-bond donors (Lipinski definition) is 0. The van der Waals surface area contributed by atoms with E-state index in [9.17, 15) is 0 Å². The lowest BCUT2D eigenvalue weighted by Gasteiger charge is -2.28. The Hall–Kier alpha value is -2.81. The third-order valence-electron chi connectivity index (χ3n) is 5.31. The predicted octanol–water partition coefficient (Wildman–Crippen LogP) is 4.21. The molecule has 0 spiro atoms.